The number of urea groups is 1. The first kappa shape index (κ1) is 14.2. The van der Waals surface area contributed by atoms with Crippen LogP contribution in [-0.4, -0.2) is 47.0 Å². The van der Waals surface area contributed by atoms with Gasteiger partial charge in [-0.1, -0.05) is 0 Å². The van der Waals surface area contributed by atoms with Crippen LogP contribution >= 0.6 is 0 Å². The highest BCUT2D eigenvalue weighted by atomic mass is 16.4. The molecule has 7 nitrogen and oxygen atoms in total. The lowest BCUT2D eigenvalue weighted by Gasteiger charge is -2.27. The normalized spacial score (nSPS) is 10.7. The van der Waals surface area contributed by atoms with Crippen molar-refractivity contribution in [2.45, 2.75) is 25.8 Å². The number of nitrogens with two attached hydrogens (primary N) is 1. The molecule has 0 rings (SSSR count). The molecule has 0 fully saturated rings. The molecule has 0 atom stereocenters. The molecule has 0 aromatic heterocycles. The Morgan fingerprint density at radius 3 is 2.25 bits per heavy atom. The highest BCUT2D eigenvalue weighted by Crippen LogP contribution is 2.08. The first-order chi connectivity index (χ1) is 7.14. The van der Waals surface area contributed by atoms with Gasteiger partial charge in [0, 0.05) is 12.6 Å². The third-order valence-corrected chi connectivity index (χ3v) is 1.78. The summed E-state index contributed by atoms with van der Waals surface area (Å²) in [6.45, 7) is 2.95. The summed E-state index contributed by atoms with van der Waals surface area (Å²) in [5, 5.41) is 11.1. The van der Waals surface area contributed by atoms with Gasteiger partial charge in [-0.2, -0.15) is 0 Å². The predicted octanol–water partition coefficient (Wildman–Crippen LogP) is -0.634. The molecule has 0 aliphatic carbocycles. The van der Waals surface area contributed by atoms with Crippen molar-refractivity contribution < 1.29 is 19.5 Å². The number of hydrogen-bond acceptors (Lipinski definition) is 3. The monoisotopic (exact) mass is 231 g/mol. The first-order valence-corrected chi connectivity index (χ1v) is 4.67. The van der Waals surface area contributed by atoms with E-state index in [4.69, 9.17) is 10.8 Å². The number of carbonyl (C=O) groups excluding carboxylic acids is 2. The van der Waals surface area contributed by atoms with Gasteiger partial charge in [0.15, 0.2) is 0 Å². The van der Waals surface area contributed by atoms with E-state index in [1.165, 1.54) is 7.05 Å². The molecule has 3 amide bonds. The van der Waals surface area contributed by atoms with Crippen LogP contribution in [0.1, 0.15) is 20.3 Å². The number of hydrogen-bond donors (Lipinski definition) is 3. The van der Waals surface area contributed by atoms with Crippen LogP contribution < -0.4 is 11.1 Å². The molecule has 0 heterocycles. The Labute approximate surface area is 93.6 Å². The van der Waals surface area contributed by atoms with Crippen LogP contribution in [0.15, 0.2) is 0 Å². The van der Waals surface area contributed by atoms with Crippen molar-refractivity contribution in [3.63, 3.8) is 0 Å². The van der Waals surface area contributed by atoms with E-state index in [2.05, 4.69) is 5.32 Å². The van der Waals surface area contributed by atoms with Crippen LogP contribution in [0.25, 0.3) is 0 Å². The van der Waals surface area contributed by atoms with Gasteiger partial charge in [0.2, 0.25) is 5.91 Å². The summed E-state index contributed by atoms with van der Waals surface area (Å²) in [6.07, 6.45) is -0.205. The molecule has 0 saturated carbocycles. The SMILES string of the molecule is CN(CC(N)=O)C(=O)NC(C)(C)CC(=O)O. The summed E-state index contributed by atoms with van der Waals surface area (Å²) in [7, 11) is 1.40. The van der Waals surface area contributed by atoms with E-state index in [1.54, 1.807) is 13.8 Å². The summed E-state index contributed by atoms with van der Waals surface area (Å²) in [5.74, 6) is -1.64. The van der Waals surface area contributed by atoms with E-state index in [-0.39, 0.29) is 13.0 Å². The summed E-state index contributed by atoms with van der Waals surface area (Å²) in [6, 6.07) is -0.537. The zero-order chi connectivity index (χ0) is 12.9. The van der Waals surface area contributed by atoms with Crippen molar-refractivity contribution in [1.82, 2.24) is 10.2 Å². The van der Waals surface area contributed by atoms with Gasteiger partial charge in [-0.25, -0.2) is 4.79 Å². The van der Waals surface area contributed by atoms with E-state index in [0.29, 0.717) is 0 Å². The Bertz CT molecular complexity index is 301. The number of likely N-dealkylation sites (N-methyl/N-ethyl adjacent to an activating group) is 1. The zero-order valence-electron chi connectivity index (χ0n) is 9.61. The third kappa shape index (κ3) is 5.84. The third-order valence-electron chi connectivity index (χ3n) is 1.78. The fourth-order valence-electron chi connectivity index (χ4n) is 1.11. The molecule has 7 heteroatoms. The van der Waals surface area contributed by atoms with E-state index in [1.807, 2.05) is 0 Å². The maximum Gasteiger partial charge on any atom is 0.318 e. The number of nitrogens with zero attached hydrogens (tertiary/aromatic N) is 1. The van der Waals surface area contributed by atoms with E-state index >= 15 is 0 Å². The quantitative estimate of drug-likeness (QED) is 0.584. The maximum absolute atomic E-state index is 11.5. The Kier molecular flexibility index (Phi) is 4.74. The molecule has 0 aromatic rings. The van der Waals surface area contributed by atoms with Crippen molar-refractivity contribution in [2.24, 2.45) is 5.73 Å². The molecule has 92 valence electrons. The average molecular weight is 231 g/mol. The molecule has 16 heavy (non-hydrogen) atoms. The number of primary amides is 1. The fraction of sp³-hybridized carbons (Fsp3) is 0.667. The largest absolute Gasteiger partial charge is 0.481 e. The molecule has 0 unspecified atom stereocenters. The molecule has 0 aliphatic heterocycles. The second-order valence-corrected chi connectivity index (χ2v) is 4.21. The lowest BCUT2D eigenvalue weighted by molar-refractivity contribution is -0.138. The van der Waals surface area contributed by atoms with Crippen molar-refractivity contribution in [3.8, 4) is 0 Å². The van der Waals surface area contributed by atoms with E-state index < -0.39 is 23.4 Å². The summed E-state index contributed by atoms with van der Waals surface area (Å²) < 4.78 is 0. The topological polar surface area (TPSA) is 113 Å². The Balaban J connectivity index is 4.32. The molecule has 0 bridgehead atoms. The van der Waals surface area contributed by atoms with Gasteiger partial charge >= 0.3 is 12.0 Å². The highest BCUT2D eigenvalue weighted by molar-refractivity contribution is 5.83. The summed E-state index contributed by atoms with van der Waals surface area (Å²) in [4.78, 5) is 33.6. The minimum Gasteiger partial charge on any atom is -0.481 e. The molecular weight excluding hydrogens is 214 g/mol. The molecule has 0 saturated heterocycles. The molecule has 0 radical (unpaired) electrons. The van der Waals surface area contributed by atoms with Gasteiger partial charge in [0.1, 0.15) is 6.54 Å². The predicted molar refractivity (Wildman–Crippen MR) is 56.7 cm³/mol. The Morgan fingerprint density at radius 1 is 1.38 bits per heavy atom. The number of carboxylic acid groups (broad SMARTS) is 1. The first-order valence-electron chi connectivity index (χ1n) is 4.67. The van der Waals surface area contributed by atoms with Crippen LogP contribution in [0.2, 0.25) is 0 Å². The maximum atomic E-state index is 11.5. The minimum atomic E-state index is -1.01. The molecule has 0 spiro atoms. The average Bonchev–Trinajstić information content (AvgIpc) is 1.98. The van der Waals surface area contributed by atoms with E-state index in [0.717, 1.165) is 4.90 Å². The van der Waals surface area contributed by atoms with Crippen LogP contribution in [-0.2, 0) is 9.59 Å². The Hall–Kier alpha value is -1.79. The van der Waals surface area contributed by atoms with E-state index in [9.17, 15) is 14.4 Å². The Morgan fingerprint density at radius 2 is 1.88 bits per heavy atom. The molecular formula is C9H17N3O4. The molecule has 0 aromatic carbocycles. The van der Waals surface area contributed by atoms with Gasteiger partial charge in [-0.15, -0.1) is 0 Å². The number of amides is 3. The number of rotatable bonds is 5. The highest BCUT2D eigenvalue weighted by Gasteiger charge is 2.25. The summed E-state index contributed by atoms with van der Waals surface area (Å²) in [5.41, 5.74) is 4.04. The number of carbonyl (C=O) groups is 3. The lowest BCUT2D eigenvalue weighted by Crippen LogP contribution is -2.51. The number of aliphatic carboxylic acids is 1. The van der Waals surface area contributed by atoms with Crippen LogP contribution in [0, 0.1) is 0 Å². The second-order valence-electron chi connectivity index (χ2n) is 4.21. The number of nitrogens with one attached hydrogen (secondary N) is 1. The van der Waals surface area contributed by atoms with Gasteiger partial charge < -0.3 is 21.1 Å². The van der Waals surface area contributed by atoms with Gasteiger partial charge in [-0.3, -0.25) is 9.59 Å². The lowest BCUT2D eigenvalue weighted by atomic mass is 10.0. The van der Waals surface area contributed by atoms with Gasteiger partial charge in [0.05, 0.1) is 6.42 Å². The second kappa shape index (κ2) is 5.34. The van der Waals surface area contributed by atoms with Gasteiger partial charge in [0.25, 0.3) is 0 Å². The van der Waals surface area contributed by atoms with Crippen molar-refractivity contribution in [3.05, 3.63) is 0 Å². The zero-order valence-corrected chi connectivity index (χ0v) is 9.61. The van der Waals surface area contributed by atoms with Crippen molar-refractivity contribution in [2.75, 3.05) is 13.6 Å². The molecule has 4 N–H and O–H groups in total. The van der Waals surface area contributed by atoms with Crippen LogP contribution in [0.4, 0.5) is 4.79 Å². The van der Waals surface area contributed by atoms with Crippen LogP contribution in [0.5, 0.6) is 0 Å². The van der Waals surface area contributed by atoms with Crippen molar-refractivity contribution in [1.29, 1.82) is 0 Å². The van der Waals surface area contributed by atoms with Gasteiger partial charge in [-0.05, 0) is 13.8 Å². The molecule has 0 aliphatic rings. The van der Waals surface area contributed by atoms with Crippen LogP contribution in [0.3, 0.4) is 0 Å². The standard InChI is InChI=1S/C9H17N3O4/c1-9(2,4-7(14)15)11-8(16)12(3)5-6(10)13/h4-5H2,1-3H3,(H2,10,13)(H,11,16)(H,14,15). The smallest absolute Gasteiger partial charge is 0.318 e. The summed E-state index contributed by atoms with van der Waals surface area (Å²) >= 11 is 0. The fourth-order valence-corrected chi connectivity index (χ4v) is 1.11. The van der Waals surface area contributed by atoms with Crippen molar-refractivity contribution >= 4 is 17.9 Å². The number of carboxylic acids is 1. The minimum absolute atomic E-state index is 0.205.